The van der Waals surface area contributed by atoms with Gasteiger partial charge in [-0.3, -0.25) is 14.5 Å². The molecule has 15 heteroatoms. The number of carbonyl (C=O) groups is 2. The van der Waals surface area contributed by atoms with Crippen LogP contribution in [0.5, 0.6) is 0 Å². The Morgan fingerprint density at radius 2 is 1.87 bits per heavy atom. The molecule has 45 heavy (non-hydrogen) atoms. The van der Waals surface area contributed by atoms with E-state index < -0.39 is 23.4 Å². The van der Waals surface area contributed by atoms with Crippen LogP contribution in [-0.2, 0) is 4.74 Å². The summed E-state index contributed by atoms with van der Waals surface area (Å²) in [5.41, 5.74) is 6.30. The highest BCUT2D eigenvalue weighted by Crippen LogP contribution is 2.34. The van der Waals surface area contributed by atoms with Gasteiger partial charge in [-0.05, 0) is 46.0 Å². The molecule has 0 spiro atoms. The number of morpholine rings is 1. The first-order chi connectivity index (χ1) is 21.5. The summed E-state index contributed by atoms with van der Waals surface area (Å²) in [6, 6.07) is 4.09. The highest BCUT2D eigenvalue weighted by molar-refractivity contribution is 6.35. The highest BCUT2D eigenvalue weighted by atomic mass is 35.5. The van der Waals surface area contributed by atoms with Gasteiger partial charge in [-0.15, -0.1) is 5.10 Å². The fraction of sp³-hybridized carbons (Fsp3) is 0.467. The predicted molar refractivity (Wildman–Crippen MR) is 168 cm³/mol. The average Bonchev–Trinajstić information content (AvgIpc) is 3.53. The predicted octanol–water partition coefficient (Wildman–Crippen LogP) is 2.93. The Hall–Kier alpha value is -3.85. The van der Waals surface area contributed by atoms with Crippen molar-refractivity contribution < 1.29 is 23.1 Å². The molecule has 2 aromatic carbocycles. The molecular formula is C30H38ClF2N9O3. The van der Waals surface area contributed by atoms with Crippen LogP contribution in [0.4, 0.5) is 25.8 Å². The summed E-state index contributed by atoms with van der Waals surface area (Å²) in [6.07, 6.45) is 2.09. The smallest absolute Gasteiger partial charge is 0.273 e. The van der Waals surface area contributed by atoms with E-state index in [1.165, 1.54) is 31.3 Å². The summed E-state index contributed by atoms with van der Waals surface area (Å²) in [5, 5.41) is 13.5. The van der Waals surface area contributed by atoms with Gasteiger partial charge in [-0.2, -0.15) is 0 Å². The Balaban J connectivity index is 1.38. The zero-order valence-corrected chi connectivity index (χ0v) is 26.3. The number of aromatic nitrogens is 3. The zero-order chi connectivity index (χ0) is 32.2. The molecule has 2 aliphatic rings. The van der Waals surface area contributed by atoms with Crippen LogP contribution in [-0.4, -0.2) is 109 Å². The molecule has 0 bridgehead atoms. The van der Waals surface area contributed by atoms with Crippen LogP contribution in [0.2, 0.25) is 5.02 Å². The molecule has 0 aliphatic carbocycles. The van der Waals surface area contributed by atoms with E-state index in [4.69, 9.17) is 22.1 Å². The number of anilines is 3. The molecule has 2 amide bonds. The van der Waals surface area contributed by atoms with Crippen molar-refractivity contribution in [2.24, 2.45) is 0 Å². The molecule has 0 unspecified atom stereocenters. The van der Waals surface area contributed by atoms with Crippen LogP contribution in [0.1, 0.15) is 39.8 Å². The standard InChI is InChI=1S/C30H38ClF2N9O3/c1-18-16-41(8-7-39(18)3)26-14-21(32)25(15-23(26)36-29(43)20-13-22(34)28(33)19(2)27(20)31)42-17-24(37-38-42)30(44)35-5-4-6-40-9-11-45-12-10-40/h13-15,17-18H,4-12,16,34H2,1-3H3,(H,35,44)(H,36,43)/t18-/m1/s1. The third-order valence-electron chi connectivity index (χ3n) is 8.32. The molecule has 0 saturated carbocycles. The van der Waals surface area contributed by atoms with Gasteiger partial charge in [0.25, 0.3) is 11.8 Å². The van der Waals surface area contributed by atoms with Crippen molar-refractivity contribution in [1.29, 1.82) is 0 Å². The molecule has 3 aromatic rings. The van der Waals surface area contributed by atoms with Crippen LogP contribution >= 0.6 is 11.6 Å². The first kappa shape index (κ1) is 32.5. The number of amides is 2. The van der Waals surface area contributed by atoms with Crippen molar-refractivity contribution in [3.8, 4) is 5.69 Å². The maximum atomic E-state index is 15.7. The first-order valence-corrected chi connectivity index (χ1v) is 15.3. The number of nitrogen functional groups attached to an aromatic ring is 1. The number of halogens is 3. The highest BCUT2D eigenvalue weighted by Gasteiger charge is 2.27. The van der Waals surface area contributed by atoms with Crippen LogP contribution in [0.25, 0.3) is 5.69 Å². The Morgan fingerprint density at radius 1 is 1.11 bits per heavy atom. The second-order valence-corrected chi connectivity index (χ2v) is 11.8. The maximum absolute atomic E-state index is 15.7. The van der Waals surface area contributed by atoms with Crippen LogP contribution in [0.3, 0.4) is 0 Å². The van der Waals surface area contributed by atoms with Crippen LogP contribution < -0.4 is 21.3 Å². The van der Waals surface area contributed by atoms with Gasteiger partial charge in [0.2, 0.25) is 0 Å². The number of nitrogens with two attached hydrogens (primary N) is 1. The number of nitrogens with zero attached hydrogens (tertiary/aromatic N) is 6. The molecule has 3 heterocycles. The lowest BCUT2D eigenvalue weighted by molar-refractivity contribution is 0.0374. The second kappa shape index (κ2) is 14.1. The van der Waals surface area contributed by atoms with Gasteiger partial charge in [0, 0.05) is 56.9 Å². The van der Waals surface area contributed by atoms with Crippen molar-refractivity contribution in [3.63, 3.8) is 0 Å². The number of benzene rings is 2. The molecule has 1 aromatic heterocycles. The third kappa shape index (κ3) is 7.35. The summed E-state index contributed by atoms with van der Waals surface area (Å²) in [4.78, 5) is 32.7. The Morgan fingerprint density at radius 3 is 2.60 bits per heavy atom. The van der Waals surface area contributed by atoms with E-state index in [1.54, 1.807) is 0 Å². The van der Waals surface area contributed by atoms with Gasteiger partial charge < -0.3 is 30.9 Å². The molecule has 242 valence electrons. The van der Waals surface area contributed by atoms with E-state index >= 15 is 4.39 Å². The SMILES string of the molecule is Cc1c(F)c(N)cc(C(=O)Nc2cc(-n3cc(C(=O)NCCCN4CCOCC4)nn3)c(F)cc2N2CCN(C)[C@H](C)C2)c1Cl. The summed E-state index contributed by atoms with van der Waals surface area (Å²) in [6.45, 7) is 9.83. The quantitative estimate of drug-likeness (QED) is 0.237. The Labute approximate surface area is 265 Å². The zero-order valence-electron chi connectivity index (χ0n) is 25.6. The van der Waals surface area contributed by atoms with Gasteiger partial charge >= 0.3 is 0 Å². The van der Waals surface area contributed by atoms with Crippen molar-refractivity contribution in [1.82, 2.24) is 30.1 Å². The Kier molecular flexibility index (Phi) is 10.2. The van der Waals surface area contributed by atoms with Crippen LogP contribution in [0, 0.1) is 18.6 Å². The molecule has 5 rings (SSSR count). The lowest BCUT2D eigenvalue weighted by atomic mass is 10.1. The lowest BCUT2D eigenvalue weighted by Gasteiger charge is -2.39. The summed E-state index contributed by atoms with van der Waals surface area (Å²) in [7, 11) is 2.01. The number of piperazine rings is 1. The van der Waals surface area contributed by atoms with Gasteiger partial charge in [-0.25, -0.2) is 13.5 Å². The van der Waals surface area contributed by atoms with E-state index in [0.29, 0.717) is 38.5 Å². The lowest BCUT2D eigenvalue weighted by Crippen LogP contribution is -2.50. The molecule has 0 radical (unpaired) electrons. The summed E-state index contributed by atoms with van der Waals surface area (Å²) < 4.78 is 36.5. The first-order valence-electron chi connectivity index (χ1n) is 14.9. The Bertz CT molecular complexity index is 1560. The van der Waals surface area contributed by atoms with E-state index in [1.807, 2.05) is 11.9 Å². The van der Waals surface area contributed by atoms with E-state index in [2.05, 4.69) is 37.7 Å². The fourth-order valence-corrected chi connectivity index (χ4v) is 5.64. The van der Waals surface area contributed by atoms with Crippen molar-refractivity contribution in [2.75, 3.05) is 82.0 Å². The topological polar surface area (TPSA) is 134 Å². The van der Waals surface area contributed by atoms with Gasteiger partial charge in [0.1, 0.15) is 5.69 Å². The number of hydrogen-bond donors (Lipinski definition) is 3. The van der Waals surface area contributed by atoms with Gasteiger partial charge in [0.15, 0.2) is 17.3 Å². The van der Waals surface area contributed by atoms with E-state index in [-0.39, 0.29) is 44.9 Å². The maximum Gasteiger partial charge on any atom is 0.273 e. The molecular weight excluding hydrogens is 608 g/mol. The molecule has 1 atom stereocenters. The molecule has 2 saturated heterocycles. The number of carbonyl (C=O) groups excluding carboxylic acids is 2. The number of likely N-dealkylation sites (N-methyl/N-ethyl adjacent to an activating group) is 1. The fourth-order valence-electron chi connectivity index (χ4n) is 5.41. The molecule has 4 N–H and O–H groups in total. The minimum Gasteiger partial charge on any atom is -0.396 e. The largest absolute Gasteiger partial charge is 0.396 e. The van der Waals surface area contributed by atoms with Crippen molar-refractivity contribution in [3.05, 3.63) is 57.9 Å². The van der Waals surface area contributed by atoms with E-state index in [9.17, 15) is 14.0 Å². The van der Waals surface area contributed by atoms with Crippen molar-refractivity contribution in [2.45, 2.75) is 26.3 Å². The number of rotatable bonds is 9. The molecule has 12 nitrogen and oxygen atoms in total. The summed E-state index contributed by atoms with van der Waals surface area (Å²) >= 11 is 6.32. The third-order valence-corrected chi connectivity index (χ3v) is 8.81. The number of ether oxygens (including phenoxy) is 1. The second-order valence-electron chi connectivity index (χ2n) is 11.4. The van der Waals surface area contributed by atoms with Crippen molar-refractivity contribution >= 4 is 40.5 Å². The molecule has 2 fully saturated rings. The minimum atomic E-state index is -0.698. The van der Waals surface area contributed by atoms with Gasteiger partial charge in [-0.1, -0.05) is 16.8 Å². The number of hydrogen-bond acceptors (Lipinski definition) is 9. The summed E-state index contributed by atoms with van der Waals surface area (Å²) in [5.74, 6) is -2.40. The van der Waals surface area contributed by atoms with E-state index in [0.717, 1.165) is 37.3 Å². The monoisotopic (exact) mass is 645 g/mol. The average molecular weight is 646 g/mol. The van der Waals surface area contributed by atoms with Crippen LogP contribution in [0.15, 0.2) is 24.4 Å². The van der Waals surface area contributed by atoms with Gasteiger partial charge in [0.05, 0.1) is 47.1 Å². The molecule has 2 aliphatic heterocycles. The number of nitrogens with one attached hydrogen (secondary N) is 2. The normalized spacial score (nSPS) is 17.8. The minimum absolute atomic E-state index is 0.0207.